The molecule has 1 N–H and O–H groups in total. The van der Waals surface area contributed by atoms with E-state index >= 15 is 0 Å². The zero-order valence-corrected chi connectivity index (χ0v) is 20.8. The number of nitrogens with one attached hydrogen (secondary N) is 1. The van der Waals surface area contributed by atoms with E-state index in [0.29, 0.717) is 25.0 Å². The Morgan fingerprint density at radius 1 is 1.10 bits per heavy atom. The van der Waals surface area contributed by atoms with Crippen LogP contribution in [-0.4, -0.2) is 84.7 Å². The number of guanidine groups is 1. The van der Waals surface area contributed by atoms with Gasteiger partial charge in [0.1, 0.15) is 5.75 Å². The summed E-state index contributed by atoms with van der Waals surface area (Å²) in [6, 6.07) is 8.28. The van der Waals surface area contributed by atoms with Gasteiger partial charge in [-0.2, -0.15) is 0 Å². The number of halogens is 1. The number of ether oxygens (including phenoxy) is 3. The lowest BCUT2D eigenvalue weighted by atomic mass is 10.1. The summed E-state index contributed by atoms with van der Waals surface area (Å²) >= 11 is 0. The van der Waals surface area contributed by atoms with Gasteiger partial charge in [0, 0.05) is 52.8 Å². The van der Waals surface area contributed by atoms with Gasteiger partial charge < -0.3 is 29.3 Å². The van der Waals surface area contributed by atoms with Gasteiger partial charge in [0.25, 0.3) is 0 Å². The van der Waals surface area contributed by atoms with Crippen LogP contribution in [0.4, 0.5) is 5.69 Å². The van der Waals surface area contributed by atoms with Crippen LogP contribution in [0.5, 0.6) is 5.75 Å². The van der Waals surface area contributed by atoms with Crippen molar-refractivity contribution < 1.29 is 14.2 Å². The SMILES string of the molecule is CN=C(NCC1CCN(c2ccccc2OC)C1)N1CCC(COCCOC)C1.I. The van der Waals surface area contributed by atoms with Crippen LogP contribution in [0.25, 0.3) is 0 Å². The fourth-order valence-corrected chi connectivity index (χ4v) is 4.23. The molecule has 7 nitrogen and oxygen atoms in total. The van der Waals surface area contributed by atoms with E-state index in [2.05, 4.69) is 32.2 Å². The molecule has 3 rings (SSSR count). The second kappa shape index (κ2) is 13.2. The van der Waals surface area contributed by atoms with Gasteiger partial charge in [-0.3, -0.25) is 4.99 Å². The van der Waals surface area contributed by atoms with Gasteiger partial charge in [-0.15, -0.1) is 24.0 Å². The molecule has 0 saturated carbocycles. The minimum atomic E-state index is 0. The number of hydrogen-bond acceptors (Lipinski definition) is 5. The Kier molecular flexibility index (Phi) is 11.0. The second-order valence-corrected chi connectivity index (χ2v) is 7.87. The molecule has 0 radical (unpaired) electrons. The number of benzene rings is 1. The zero-order valence-electron chi connectivity index (χ0n) is 18.5. The molecule has 170 valence electrons. The molecule has 2 fully saturated rings. The van der Waals surface area contributed by atoms with Gasteiger partial charge in [0.2, 0.25) is 0 Å². The number of nitrogens with zero attached hydrogens (tertiary/aromatic N) is 3. The van der Waals surface area contributed by atoms with Crippen LogP contribution in [-0.2, 0) is 9.47 Å². The maximum atomic E-state index is 5.71. The molecule has 8 heteroatoms. The van der Waals surface area contributed by atoms with Crippen LogP contribution >= 0.6 is 24.0 Å². The molecule has 1 aromatic carbocycles. The summed E-state index contributed by atoms with van der Waals surface area (Å²) in [5.74, 6) is 3.14. The predicted octanol–water partition coefficient (Wildman–Crippen LogP) is 2.70. The predicted molar refractivity (Wildman–Crippen MR) is 132 cm³/mol. The topological polar surface area (TPSA) is 58.6 Å². The van der Waals surface area contributed by atoms with E-state index in [1.807, 2.05) is 19.2 Å². The van der Waals surface area contributed by atoms with Gasteiger partial charge in [-0.1, -0.05) is 12.1 Å². The molecule has 2 aliphatic rings. The lowest BCUT2D eigenvalue weighted by Gasteiger charge is -2.24. The van der Waals surface area contributed by atoms with Crippen molar-refractivity contribution in [3.63, 3.8) is 0 Å². The lowest BCUT2D eigenvalue weighted by molar-refractivity contribution is 0.0536. The average Bonchev–Trinajstić information content (AvgIpc) is 3.42. The van der Waals surface area contributed by atoms with Gasteiger partial charge in [0.05, 0.1) is 32.6 Å². The van der Waals surface area contributed by atoms with E-state index in [1.165, 1.54) is 12.1 Å². The highest BCUT2D eigenvalue weighted by molar-refractivity contribution is 14.0. The van der Waals surface area contributed by atoms with E-state index in [-0.39, 0.29) is 24.0 Å². The normalized spacial score (nSPS) is 21.6. The second-order valence-electron chi connectivity index (χ2n) is 7.87. The molecule has 0 aromatic heterocycles. The van der Waals surface area contributed by atoms with E-state index in [4.69, 9.17) is 14.2 Å². The van der Waals surface area contributed by atoms with Gasteiger partial charge in [0.15, 0.2) is 5.96 Å². The molecular formula is C22H37IN4O3. The molecule has 0 spiro atoms. The largest absolute Gasteiger partial charge is 0.495 e. The van der Waals surface area contributed by atoms with Crippen LogP contribution in [0.2, 0.25) is 0 Å². The first-order chi connectivity index (χ1) is 14.2. The van der Waals surface area contributed by atoms with Crippen LogP contribution in [0, 0.1) is 11.8 Å². The highest BCUT2D eigenvalue weighted by atomic mass is 127. The summed E-state index contributed by atoms with van der Waals surface area (Å²) in [5, 5.41) is 3.61. The first-order valence-electron chi connectivity index (χ1n) is 10.6. The maximum absolute atomic E-state index is 5.71. The standard InChI is InChI=1S/C22H36N4O3.HI/c1-23-22(26-11-9-19(16-26)17-29-13-12-27-2)24-14-18-8-10-25(15-18)20-6-4-5-7-21(20)28-3;/h4-7,18-19H,8-17H2,1-3H3,(H,23,24);1H. The summed E-state index contributed by atoms with van der Waals surface area (Å²) in [4.78, 5) is 9.30. The van der Waals surface area contributed by atoms with Crippen molar-refractivity contribution in [2.24, 2.45) is 16.8 Å². The Balaban J connectivity index is 0.00000320. The van der Waals surface area contributed by atoms with Crippen LogP contribution in [0.3, 0.4) is 0 Å². The molecule has 30 heavy (non-hydrogen) atoms. The van der Waals surface area contributed by atoms with Gasteiger partial charge in [-0.25, -0.2) is 0 Å². The number of anilines is 1. The maximum Gasteiger partial charge on any atom is 0.193 e. The third-order valence-electron chi connectivity index (χ3n) is 5.84. The summed E-state index contributed by atoms with van der Waals surface area (Å²) < 4.78 is 16.3. The third-order valence-corrected chi connectivity index (χ3v) is 5.84. The van der Waals surface area contributed by atoms with Crippen molar-refractivity contribution in [3.05, 3.63) is 24.3 Å². The fourth-order valence-electron chi connectivity index (χ4n) is 4.23. The number of rotatable bonds is 9. The number of aliphatic imine (C=N–C) groups is 1. The first kappa shape index (κ1) is 25.0. The van der Waals surface area contributed by atoms with E-state index in [0.717, 1.165) is 57.5 Å². The Hall–Kier alpha value is -1.26. The van der Waals surface area contributed by atoms with Crippen LogP contribution < -0.4 is 15.0 Å². The Labute approximate surface area is 198 Å². The summed E-state index contributed by atoms with van der Waals surface area (Å²) in [6.07, 6.45) is 2.33. The molecule has 0 amide bonds. The molecule has 0 bridgehead atoms. The zero-order chi connectivity index (χ0) is 20.5. The van der Waals surface area contributed by atoms with E-state index < -0.39 is 0 Å². The van der Waals surface area contributed by atoms with E-state index in [9.17, 15) is 0 Å². The highest BCUT2D eigenvalue weighted by Crippen LogP contribution is 2.31. The molecule has 2 saturated heterocycles. The summed E-state index contributed by atoms with van der Waals surface area (Å²) in [7, 11) is 5.32. The molecule has 2 heterocycles. The molecule has 2 aliphatic heterocycles. The lowest BCUT2D eigenvalue weighted by Crippen LogP contribution is -2.42. The Morgan fingerprint density at radius 2 is 1.90 bits per heavy atom. The first-order valence-corrected chi connectivity index (χ1v) is 10.6. The Morgan fingerprint density at radius 3 is 2.67 bits per heavy atom. The number of likely N-dealkylation sites (tertiary alicyclic amines) is 1. The number of hydrogen-bond donors (Lipinski definition) is 1. The van der Waals surface area contributed by atoms with Gasteiger partial charge >= 0.3 is 0 Å². The molecule has 1 aromatic rings. The molecule has 2 atom stereocenters. The summed E-state index contributed by atoms with van der Waals surface area (Å²) in [6.45, 7) is 7.23. The van der Waals surface area contributed by atoms with Crippen molar-refractivity contribution in [3.8, 4) is 5.75 Å². The number of methoxy groups -OCH3 is 2. The minimum Gasteiger partial charge on any atom is -0.495 e. The van der Waals surface area contributed by atoms with Crippen LogP contribution in [0.15, 0.2) is 29.3 Å². The Bertz CT molecular complexity index is 661. The van der Waals surface area contributed by atoms with Crippen molar-refractivity contribution >= 4 is 35.6 Å². The minimum absolute atomic E-state index is 0. The third kappa shape index (κ3) is 6.88. The van der Waals surface area contributed by atoms with Crippen molar-refractivity contribution in [2.45, 2.75) is 12.8 Å². The van der Waals surface area contributed by atoms with Crippen molar-refractivity contribution in [2.75, 3.05) is 78.7 Å². The van der Waals surface area contributed by atoms with Gasteiger partial charge in [-0.05, 0) is 30.9 Å². The summed E-state index contributed by atoms with van der Waals surface area (Å²) in [5.41, 5.74) is 1.19. The average molecular weight is 532 g/mol. The molecule has 2 unspecified atom stereocenters. The fraction of sp³-hybridized carbons (Fsp3) is 0.682. The monoisotopic (exact) mass is 532 g/mol. The highest BCUT2D eigenvalue weighted by Gasteiger charge is 2.27. The van der Waals surface area contributed by atoms with Crippen LogP contribution in [0.1, 0.15) is 12.8 Å². The van der Waals surface area contributed by atoms with E-state index in [1.54, 1.807) is 14.2 Å². The van der Waals surface area contributed by atoms with Crippen molar-refractivity contribution in [1.29, 1.82) is 0 Å². The van der Waals surface area contributed by atoms with Crippen molar-refractivity contribution in [1.82, 2.24) is 10.2 Å². The molecule has 0 aliphatic carbocycles. The number of para-hydroxylation sites is 2. The quantitative estimate of drug-likeness (QED) is 0.229. The molecular weight excluding hydrogens is 495 g/mol. The smallest absolute Gasteiger partial charge is 0.193 e.